The Morgan fingerprint density at radius 3 is 2.56 bits per heavy atom. The fraction of sp³-hybridized carbons (Fsp3) is 0.273. The Kier molecular flexibility index (Phi) is 5.29. The van der Waals surface area contributed by atoms with Gasteiger partial charge in [-0.25, -0.2) is 0 Å². The second-order valence-corrected chi connectivity index (χ2v) is 3.85. The maximum atomic E-state index is 11.0. The van der Waals surface area contributed by atoms with E-state index in [0.717, 1.165) is 5.56 Å². The molecule has 0 N–H and O–H groups in total. The van der Waals surface area contributed by atoms with Crippen LogP contribution in [0.15, 0.2) is 23.2 Å². The lowest BCUT2D eigenvalue weighted by molar-refractivity contribution is -0.141. The highest BCUT2D eigenvalue weighted by Crippen LogP contribution is 2.17. The molecule has 3 nitrogen and oxygen atoms in total. The van der Waals surface area contributed by atoms with Crippen LogP contribution in [0.4, 0.5) is 0 Å². The van der Waals surface area contributed by atoms with E-state index < -0.39 is 0 Å². The highest BCUT2D eigenvalue weighted by Gasteiger charge is 1.98. The maximum absolute atomic E-state index is 11.0. The van der Waals surface area contributed by atoms with Crippen molar-refractivity contribution in [2.75, 3.05) is 13.2 Å². The van der Waals surface area contributed by atoms with E-state index in [4.69, 9.17) is 27.9 Å². The molecule has 0 aliphatic heterocycles. The molecule has 0 heterocycles. The Balaban J connectivity index is 2.59. The van der Waals surface area contributed by atoms with Crippen LogP contribution in [-0.2, 0) is 9.53 Å². The molecular formula is C11H11Cl2NO2. The number of esters is 1. The molecule has 1 aromatic rings. The number of benzene rings is 1. The van der Waals surface area contributed by atoms with E-state index in [0.29, 0.717) is 16.7 Å². The van der Waals surface area contributed by atoms with Gasteiger partial charge in [0.05, 0.1) is 6.61 Å². The van der Waals surface area contributed by atoms with Crippen LogP contribution in [0.1, 0.15) is 12.5 Å². The van der Waals surface area contributed by atoms with Crippen molar-refractivity contribution in [2.24, 2.45) is 4.99 Å². The van der Waals surface area contributed by atoms with Crippen molar-refractivity contribution in [3.05, 3.63) is 33.8 Å². The normalized spacial score (nSPS) is 10.7. The van der Waals surface area contributed by atoms with E-state index in [1.54, 1.807) is 25.1 Å². The van der Waals surface area contributed by atoms with Gasteiger partial charge in [-0.1, -0.05) is 23.2 Å². The molecule has 1 aromatic carbocycles. The lowest BCUT2D eigenvalue weighted by Gasteiger charge is -1.98. The Hall–Kier alpha value is -1.06. The van der Waals surface area contributed by atoms with Crippen molar-refractivity contribution in [1.82, 2.24) is 0 Å². The summed E-state index contributed by atoms with van der Waals surface area (Å²) in [6.45, 7) is 2.10. The van der Waals surface area contributed by atoms with E-state index in [9.17, 15) is 4.79 Å². The van der Waals surface area contributed by atoms with Crippen LogP contribution < -0.4 is 0 Å². The van der Waals surface area contributed by atoms with Crippen LogP contribution in [0, 0.1) is 0 Å². The van der Waals surface area contributed by atoms with Gasteiger partial charge in [0.25, 0.3) is 0 Å². The molecule has 1 rings (SSSR count). The molecule has 0 unspecified atom stereocenters. The van der Waals surface area contributed by atoms with Crippen molar-refractivity contribution in [3.63, 3.8) is 0 Å². The van der Waals surface area contributed by atoms with Crippen LogP contribution in [0.25, 0.3) is 0 Å². The van der Waals surface area contributed by atoms with Crippen LogP contribution in [-0.4, -0.2) is 25.3 Å². The Bertz CT molecular complexity index is 385. The molecule has 5 heteroatoms. The summed E-state index contributed by atoms with van der Waals surface area (Å²) in [7, 11) is 0. The number of hydrogen-bond acceptors (Lipinski definition) is 3. The summed E-state index contributed by atoms with van der Waals surface area (Å²) in [6, 6.07) is 5.05. The average Bonchev–Trinajstić information content (AvgIpc) is 2.16. The molecule has 0 amide bonds. The van der Waals surface area contributed by atoms with Crippen molar-refractivity contribution in [2.45, 2.75) is 6.92 Å². The monoisotopic (exact) mass is 259 g/mol. The van der Waals surface area contributed by atoms with Gasteiger partial charge in [0.2, 0.25) is 0 Å². The van der Waals surface area contributed by atoms with E-state index in [1.807, 2.05) is 0 Å². The molecule has 0 saturated heterocycles. The number of aliphatic imine (C=N–C) groups is 1. The van der Waals surface area contributed by atoms with Gasteiger partial charge in [0.15, 0.2) is 0 Å². The Morgan fingerprint density at radius 1 is 1.38 bits per heavy atom. The molecule has 0 radical (unpaired) electrons. The predicted molar refractivity (Wildman–Crippen MR) is 65.6 cm³/mol. The third-order valence-electron chi connectivity index (χ3n) is 1.65. The molecule has 0 atom stereocenters. The van der Waals surface area contributed by atoms with Crippen LogP contribution in [0.3, 0.4) is 0 Å². The first-order valence-electron chi connectivity index (χ1n) is 4.73. The number of carbonyl (C=O) groups is 1. The summed E-state index contributed by atoms with van der Waals surface area (Å²) in [6.07, 6.45) is 1.54. The minimum absolute atomic E-state index is 0.00201. The Morgan fingerprint density at radius 2 is 2.00 bits per heavy atom. The summed E-state index contributed by atoms with van der Waals surface area (Å²) in [5.41, 5.74) is 0.752. The van der Waals surface area contributed by atoms with E-state index in [2.05, 4.69) is 4.99 Å². The maximum Gasteiger partial charge on any atom is 0.327 e. The Labute approximate surface area is 104 Å². The van der Waals surface area contributed by atoms with E-state index >= 15 is 0 Å². The molecule has 0 fully saturated rings. The zero-order valence-corrected chi connectivity index (χ0v) is 10.3. The molecule has 0 aliphatic rings. The first-order valence-corrected chi connectivity index (χ1v) is 5.49. The summed E-state index contributed by atoms with van der Waals surface area (Å²) in [4.78, 5) is 14.9. The number of nitrogens with zero attached hydrogens (tertiary/aromatic N) is 1. The smallest absolute Gasteiger partial charge is 0.327 e. The van der Waals surface area contributed by atoms with Gasteiger partial charge in [0.1, 0.15) is 6.54 Å². The van der Waals surface area contributed by atoms with Gasteiger partial charge in [-0.15, -0.1) is 0 Å². The SMILES string of the molecule is CCOC(=O)CN=Cc1cc(Cl)cc(Cl)c1. The number of rotatable bonds is 4. The number of carbonyl (C=O) groups excluding carboxylic acids is 1. The predicted octanol–water partition coefficient (Wildman–Crippen LogP) is 2.98. The zero-order valence-electron chi connectivity index (χ0n) is 8.74. The molecule has 86 valence electrons. The fourth-order valence-corrected chi connectivity index (χ4v) is 1.62. The van der Waals surface area contributed by atoms with Gasteiger partial charge >= 0.3 is 5.97 Å². The van der Waals surface area contributed by atoms with Crippen molar-refractivity contribution in [3.8, 4) is 0 Å². The third-order valence-corrected chi connectivity index (χ3v) is 2.09. The first-order chi connectivity index (χ1) is 7.61. The number of hydrogen-bond donors (Lipinski definition) is 0. The second-order valence-electron chi connectivity index (χ2n) is 2.98. The highest BCUT2D eigenvalue weighted by molar-refractivity contribution is 6.35. The van der Waals surface area contributed by atoms with Gasteiger partial charge in [-0.05, 0) is 30.7 Å². The molecule has 16 heavy (non-hydrogen) atoms. The lowest BCUT2D eigenvalue weighted by Crippen LogP contribution is -2.07. The van der Waals surface area contributed by atoms with Crippen LogP contribution >= 0.6 is 23.2 Å². The quantitative estimate of drug-likeness (QED) is 0.616. The average molecular weight is 260 g/mol. The minimum Gasteiger partial charge on any atom is -0.465 e. The third kappa shape index (κ3) is 4.64. The van der Waals surface area contributed by atoms with Crippen LogP contribution in [0.2, 0.25) is 10.0 Å². The first kappa shape index (κ1) is 13.0. The summed E-state index contributed by atoms with van der Waals surface area (Å²) >= 11 is 11.6. The van der Waals surface area contributed by atoms with E-state index in [-0.39, 0.29) is 12.5 Å². The minimum atomic E-state index is -0.355. The van der Waals surface area contributed by atoms with Crippen molar-refractivity contribution in [1.29, 1.82) is 0 Å². The topological polar surface area (TPSA) is 38.7 Å². The summed E-state index contributed by atoms with van der Waals surface area (Å²) in [5, 5.41) is 1.06. The standard InChI is InChI=1S/C11H11Cl2NO2/c1-2-16-11(15)7-14-6-8-3-9(12)5-10(13)4-8/h3-6H,2,7H2,1H3. The van der Waals surface area contributed by atoms with Gasteiger partial charge < -0.3 is 4.74 Å². The van der Waals surface area contributed by atoms with Crippen molar-refractivity contribution >= 4 is 35.4 Å². The molecule has 0 saturated carbocycles. The summed E-state index contributed by atoms with van der Waals surface area (Å²) in [5.74, 6) is -0.355. The lowest BCUT2D eigenvalue weighted by atomic mass is 10.2. The number of halogens is 2. The molecule has 0 aromatic heterocycles. The largest absolute Gasteiger partial charge is 0.465 e. The fourth-order valence-electron chi connectivity index (χ4n) is 1.08. The van der Waals surface area contributed by atoms with Gasteiger partial charge in [-0.3, -0.25) is 9.79 Å². The van der Waals surface area contributed by atoms with Crippen molar-refractivity contribution < 1.29 is 9.53 Å². The van der Waals surface area contributed by atoms with Gasteiger partial charge in [0, 0.05) is 16.3 Å². The second kappa shape index (κ2) is 6.51. The molecular weight excluding hydrogens is 249 g/mol. The summed E-state index contributed by atoms with van der Waals surface area (Å²) < 4.78 is 4.72. The number of ether oxygens (including phenoxy) is 1. The van der Waals surface area contributed by atoms with Crippen LogP contribution in [0.5, 0.6) is 0 Å². The molecule has 0 spiro atoms. The zero-order chi connectivity index (χ0) is 12.0. The van der Waals surface area contributed by atoms with Gasteiger partial charge in [-0.2, -0.15) is 0 Å². The van der Waals surface area contributed by atoms with E-state index in [1.165, 1.54) is 6.21 Å². The molecule has 0 bridgehead atoms. The highest BCUT2D eigenvalue weighted by atomic mass is 35.5. The molecule has 0 aliphatic carbocycles.